The molecular formula is C21H19N5O2. The van der Waals surface area contributed by atoms with Gasteiger partial charge in [-0.25, -0.2) is 4.79 Å². The van der Waals surface area contributed by atoms with Gasteiger partial charge < -0.3 is 15.4 Å². The Labute approximate surface area is 163 Å². The van der Waals surface area contributed by atoms with Crippen LogP contribution in [-0.4, -0.2) is 38.1 Å². The van der Waals surface area contributed by atoms with Crippen molar-refractivity contribution in [3.05, 3.63) is 58.3 Å². The van der Waals surface area contributed by atoms with E-state index in [-0.39, 0.29) is 17.2 Å². The quantitative estimate of drug-likeness (QED) is 0.783. The number of nitrogens with zero attached hydrogens (tertiary/aromatic N) is 4. The monoisotopic (exact) mass is 373 g/mol. The number of ether oxygens (including phenoxy) is 1. The maximum atomic E-state index is 11.7. The van der Waals surface area contributed by atoms with E-state index in [1.165, 1.54) is 7.11 Å². The minimum Gasteiger partial charge on any atom is -0.465 e. The fourth-order valence-corrected chi connectivity index (χ4v) is 4.14. The van der Waals surface area contributed by atoms with Gasteiger partial charge in [0.2, 0.25) is 0 Å². The van der Waals surface area contributed by atoms with Gasteiger partial charge in [0.05, 0.1) is 36.1 Å². The van der Waals surface area contributed by atoms with Crippen molar-refractivity contribution < 1.29 is 9.53 Å². The van der Waals surface area contributed by atoms with Crippen LogP contribution in [0.2, 0.25) is 0 Å². The number of methoxy groups -OCH3 is 1. The van der Waals surface area contributed by atoms with E-state index in [1.54, 1.807) is 24.3 Å². The summed E-state index contributed by atoms with van der Waals surface area (Å²) in [7, 11) is 3.25. The lowest BCUT2D eigenvalue weighted by molar-refractivity contribution is 0.0600. The molecule has 0 unspecified atom stereocenters. The minimum atomic E-state index is -1.67. The molecule has 7 nitrogen and oxygen atoms in total. The molecule has 0 bridgehead atoms. The number of carbonyl (C=O) groups is 1. The number of rotatable bonds is 2. The first-order valence-electron chi connectivity index (χ1n) is 8.73. The van der Waals surface area contributed by atoms with Crippen LogP contribution in [0.3, 0.4) is 0 Å². The zero-order valence-electron chi connectivity index (χ0n) is 15.6. The molecule has 7 heteroatoms. The predicted octanol–water partition coefficient (Wildman–Crippen LogP) is 1.83. The van der Waals surface area contributed by atoms with E-state index in [9.17, 15) is 20.6 Å². The standard InChI is InChI=1S/C21H19N5O2/c1-26-8-7-15-16(9-22)19(25)21(11-23,12-24)18(17(15)10-26)13-3-5-14(6-4-13)20(27)28-2/h3-7,17-18H,8,10,25H2,1-2H3/t17-,18-/m1/s1. The molecule has 0 aromatic heterocycles. The second kappa shape index (κ2) is 7.19. The molecule has 1 aromatic carbocycles. The first-order chi connectivity index (χ1) is 13.4. The Bertz CT molecular complexity index is 987. The van der Waals surface area contributed by atoms with E-state index in [4.69, 9.17) is 10.5 Å². The molecule has 0 spiro atoms. The largest absolute Gasteiger partial charge is 0.465 e. The van der Waals surface area contributed by atoms with Crippen LogP contribution in [0.4, 0.5) is 0 Å². The minimum absolute atomic E-state index is 0.00547. The molecule has 2 N–H and O–H groups in total. The summed E-state index contributed by atoms with van der Waals surface area (Å²) in [5.41, 5.74) is 6.66. The summed E-state index contributed by atoms with van der Waals surface area (Å²) in [6.07, 6.45) is 1.94. The van der Waals surface area contributed by atoms with Gasteiger partial charge in [-0.05, 0) is 30.3 Å². The number of fused-ring (bicyclic) bond motifs is 1. The van der Waals surface area contributed by atoms with Crippen molar-refractivity contribution in [1.82, 2.24) is 4.90 Å². The number of esters is 1. The lowest BCUT2D eigenvalue weighted by atomic mass is 9.58. The lowest BCUT2D eigenvalue weighted by Gasteiger charge is -2.45. The molecule has 3 rings (SSSR count). The topological polar surface area (TPSA) is 127 Å². The van der Waals surface area contributed by atoms with E-state index >= 15 is 0 Å². The maximum absolute atomic E-state index is 11.7. The van der Waals surface area contributed by atoms with E-state index in [0.29, 0.717) is 24.2 Å². The summed E-state index contributed by atoms with van der Waals surface area (Å²) in [5.74, 6) is -1.28. The number of benzene rings is 1. The molecule has 1 heterocycles. The van der Waals surface area contributed by atoms with Gasteiger partial charge >= 0.3 is 5.97 Å². The van der Waals surface area contributed by atoms with E-state index < -0.39 is 17.3 Å². The molecule has 140 valence electrons. The molecule has 28 heavy (non-hydrogen) atoms. The molecule has 0 amide bonds. The first kappa shape index (κ1) is 19.2. The molecule has 1 aliphatic carbocycles. The van der Waals surface area contributed by atoms with Crippen molar-refractivity contribution in [2.75, 3.05) is 27.2 Å². The zero-order chi connectivity index (χ0) is 20.5. The average molecular weight is 373 g/mol. The molecule has 0 saturated carbocycles. The Morgan fingerprint density at radius 1 is 1.25 bits per heavy atom. The number of nitriles is 3. The van der Waals surface area contributed by atoms with Crippen LogP contribution in [0.25, 0.3) is 0 Å². The zero-order valence-corrected chi connectivity index (χ0v) is 15.6. The van der Waals surface area contributed by atoms with Gasteiger partial charge in [-0.15, -0.1) is 0 Å². The third kappa shape index (κ3) is 2.72. The summed E-state index contributed by atoms with van der Waals surface area (Å²) in [6.45, 7) is 1.24. The summed E-state index contributed by atoms with van der Waals surface area (Å²) >= 11 is 0. The predicted molar refractivity (Wildman–Crippen MR) is 100 cm³/mol. The van der Waals surface area contributed by atoms with E-state index in [1.807, 2.05) is 13.1 Å². The number of nitrogens with two attached hydrogens (primary N) is 1. The SMILES string of the molecule is COC(=O)c1ccc([C@@H]2[C@@H]3CN(C)CC=C3C(C#N)=C(N)C2(C#N)C#N)cc1. The van der Waals surface area contributed by atoms with Crippen molar-refractivity contribution in [2.45, 2.75) is 5.92 Å². The molecule has 0 saturated heterocycles. The number of hydrogen-bond acceptors (Lipinski definition) is 7. The Hall–Kier alpha value is -3.60. The van der Waals surface area contributed by atoms with Crippen LogP contribution in [0, 0.1) is 45.3 Å². The van der Waals surface area contributed by atoms with Gasteiger partial charge in [0.15, 0.2) is 5.41 Å². The highest BCUT2D eigenvalue weighted by Gasteiger charge is 2.54. The van der Waals surface area contributed by atoms with Crippen LogP contribution in [-0.2, 0) is 4.74 Å². The van der Waals surface area contributed by atoms with Gasteiger partial charge in [0.25, 0.3) is 0 Å². The average Bonchev–Trinajstić information content (AvgIpc) is 2.73. The Morgan fingerprint density at radius 2 is 1.89 bits per heavy atom. The number of hydrogen-bond donors (Lipinski definition) is 1. The van der Waals surface area contributed by atoms with Crippen LogP contribution in [0.5, 0.6) is 0 Å². The van der Waals surface area contributed by atoms with Crippen molar-refractivity contribution in [2.24, 2.45) is 17.1 Å². The molecular weight excluding hydrogens is 354 g/mol. The molecule has 2 aliphatic rings. The normalized spacial score (nSPS) is 23.5. The van der Waals surface area contributed by atoms with E-state index in [0.717, 1.165) is 5.57 Å². The smallest absolute Gasteiger partial charge is 0.337 e. The van der Waals surface area contributed by atoms with Gasteiger partial charge in [-0.3, -0.25) is 0 Å². The highest BCUT2D eigenvalue weighted by Crippen LogP contribution is 2.53. The van der Waals surface area contributed by atoms with Crippen LogP contribution < -0.4 is 5.73 Å². The third-order valence-corrected chi connectivity index (χ3v) is 5.54. The van der Waals surface area contributed by atoms with Gasteiger partial charge in [-0.2, -0.15) is 15.8 Å². The van der Waals surface area contributed by atoms with Crippen molar-refractivity contribution >= 4 is 5.97 Å². The molecule has 0 radical (unpaired) electrons. The van der Waals surface area contributed by atoms with Gasteiger partial charge in [-0.1, -0.05) is 18.2 Å². The van der Waals surface area contributed by atoms with Crippen LogP contribution >= 0.6 is 0 Å². The summed E-state index contributed by atoms with van der Waals surface area (Å²) in [5, 5.41) is 29.6. The van der Waals surface area contributed by atoms with Crippen molar-refractivity contribution in [1.29, 1.82) is 15.8 Å². The Balaban J connectivity index is 2.24. The van der Waals surface area contributed by atoms with Gasteiger partial charge in [0.1, 0.15) is 6.07 Å². The Kier molecular flexibility index (Phi) is 4.92. The van der Waals surface area contributed by atoms with Crippen LogP contribution in [0.15, 0.2) is 47.2 Å². The number of likely N-dealkylation sites (N-methyl/N-ethyl adjacent to an activating group) is 1. The number of carbonyl (C=O) groups excluding carboxylic acids is 1. The fraction of sp³-hybridized carbons (Fsp3) is 0.333. The second-order valence-electron chi connectivity index (χ2n) is 7.01. The molecule has 1 aliphatic heterocycles. The second-order valence-corrected chi connectivity index (χ2v) is 7.01. The van der Waals surface area contributed by atoms with Crippen molar-refractivity contribution in [3.8, 4) is 18.2 Å². The summed E-state index contributed by atoms with van der Waals surface area (Å²) in [6, 6.07) is 12.9. The van der Waals surface area contributed by atoms with Crippen LogP contribution in [0.1, 0.15) is 21.8 Å². The molecule has 0 fully saturated rings. The Morgan fingerprint density at radius 3 is 2.43 bits per heavy atom. The maximum Gasteiger partial charge on any atom is 0.337 e. The van der Waals surface area contributed by atoms with E-state index in [2.05, 4.69) is 23.1 Å². The van der Waals surface area contributed by atoms with Gasteiger partial charge in [0, 0.05) is 24.9 Å². The summed E-state index contributed by atoms with van der Waals surface area (Å²) < 4.78 is 4.73. The third-order valence-electron chi connectivity index (χ3n) is 5.54. The highest BCUT2D eigenvalue weighted by molar-refractivity contribution is 5.89. The first-order valence-corrected chi connectivity index (χ1v) is 8.73. The highest BCUT2D eigenvalue weighted by atomic mass is 16.5. The van der Waals surface area contributed by atoms with Crippen molar-refractivity contribution in [3.63, 3.8) is 0 Å². The summed E-state index contributed by atoms with van der Waals surface area (Å²) in [4.78, 5) is 13.8. The number of allylic oxidation sites excluding steroid dienone is 2. The lowest BCUT2D eigenvalue weighted by Crippen LogP contribution is -2.47. The fourth-order valence-electron chi connectivity index (χ4n) is 4.14. The molecule has 1 aromatic rings. The molecule has 2 atom stereocenters.